The molecule has 1 atom stereocenters. The molecule has 1 aliphatic rings. The Morgan fingerprint density at radius 1 is 1.60 bits per heavy atom. The van der Waals surface area contributed by atoms with Crippen LogP contribution in [0.15, 0.2) is 18.2 Å². The minimum atomic E-state index is -0.572. The van der Waals surface area contributed by atoms with Gasteiger partial charge in [-0.2, -0.15) is 11.8 Å². The van der Waals surface area contributed by atoms with E-state index >= 15 is 0 Å². The largest absolute Gasteiger partial charge is 0.350 e. The van der Waals surface area contributed by atoms with Crippen molar-refractivity contribution in [2.75, 3.05) is 12.3 Å². The third kappa shape index (κ3) is 3.43. The summed E-state index contributed by atoms with van der Waals surface area (Å²) >= 11 is 7.63. The highest BCUT2D eigenvalue weighted by Gasteiger charge is 2.30. The van der Waals surface area contributed by atoms with Crippen LogP contribution in [0.4, 0.5) is 5.69 Å². The predicted molar refractivity (Wildman–Crippen MR) is 80.5 cm³/mol. The molecule has 7 heteroatoms. The summed E-state index contributed by atoms with van der Waals surface area (Å²) in [6.07, 6.45) is 2.17. The second kappa shape index (κ2) is 6.01. The van der Waals surface area contributed by atoms with Crippen molar-refractivity contribution < 1.29 is 9.72 Å². The third-order valence-corrected chi connectivity index (χ3v) is 5.10. The first-order chi connectivity index (χ1) is 9.41. The van der Waals surface area contributed by atoms with Crippen LogP contribution in [0.3, 0.4) is 0 Å². The molecule has 1 aromatic rings. The van der Waals surface area contributed by atoms with Crippen molar-refractivity contribution >= 4 is 35.0 Å². The van der Waals surface area contributed by atoms with Crippen LogP contribution in [0.5, 0.6) is 0 Å². The highest BCUT2D eigenvalue weighted by Crippen LogP contribution is 2.37. The lowest BCUT2D eigenvalue weighted by Gasteiger charge is -2.22. The molecule has 20 heavy (non-hydrogen) atoms. The predicted octanol–water partition coefficient (Wildman–Crippen LogP) is 3.26. The molecule has 1 aromatic carbocycles. The number of nitro groups is 1. The van der Waals surface area contributed by atoms with E-state index < -0.39 is 10.8 Å². The van der Waals surface area contributed by atoms with E-state index in [1.807, 2.05) is 11.8 Å². The van der Waals surface area contributed by atoms with E-state index in [1.54, 1.807) is 0 Å². The maximum absolute atomic E-state index is 12.1. The maximum atomic E-state index is 12.1. The lowest BCUT2D eigenvalue weighted by Crippen LogP contribution is -2.36. The molecule has 0 bridgehead atoms. The molecule has 1 saturated heterocycles. The van der Waals surface area contributed by atoms with E-state index in [0.29, 0.717) is 11.6 Å². The smallest absolute Gasteiger partial charge is 0.282 e. The Morgan fingerprint density at radius 2 is 2.35 bits per heavy atom. The van der Waals surface area contributed by atoms with Gasteiger partial charge in [0, 0.05) is 22.4 Å². The van der Waals surface area contributed by atoms with Crippen molar-refractivity contribution in [2.45, 2.75) is 24.5 Å². The maximum Gasteiger partial charge on any atom is 0.282 e. The van der Waals surface area contributed by atoms with Gasteiger partial charge in [0.1, 0.15) is 5.56 Å². The zero-order valence-corrected chi connectivity index (χ0v) is 12.6. The summed E-state index contributed by atoms with van der Waals surface area (Å²) in [6.45, 7) is 2.59. The van der Waals surface area contributed by atoms with Gasteiger partial charge in [0.05, 0.1) is 4.92 Å². The quantitative estimate of drug-likeness (QED) is 0.684. The van der Waals surface area contributed by atoms with E-state index in [1.165, 1.54) is 18.2 Å². The van der Waals surface area contributed by atoms with Crippen LogP contribution < -0.4 is 5.32 Å². The third-order valence-electron chi connectivity index (χ3n) is 3.32. The number of halogens is 1. The fourth-order valence-corrected chi connectivity index (χ4v) is 3.60. The van der Waals surface area contributed by atoms with Crippen LogP contribution in [0.25, 0.3) is 0 Å². The molecule has 1 fully saturated rings. The van der Waals surface area contributed by atoms with E-state index in [9.17, 15) is 14.9 Å². The highest BCUT2D eigenvalue weighted by atomic mass is 35.5. The first-order valence-corrected chi connectivity index (χ1v) is 7.64. The Balaban J connectivity index is 2.12. The Kier molecular flexibility index (Phi) is 4.55. The van der Waals surface area contributed by atoms with Crippen LogP contribution in [0.2, 0.25) is 5.02 Å². The number of nitrogens with one attached hydrogen (secondary N) is 1. The van der Waals surface area contributed by atoms with Gasteiger partial charge in [-0.05, 0) is 37.7 Å². The normalized spacial score (nSPS) is 21.7. The van der Waals surface area contributed by atoms with Crippen molar-refractivity contribution in [3.05, 3.63) is 38.9 Å². The van der Waals surface area contributed by atoms with Crippen molar-refractivity contribution in [2.24, 2.45) is 0 Å². The van der Waals surface area contributed by atoms with Crippen LogP contribution in [0, 0.1) is 10.1 Å². The summed E-state index contributed by atoms with van der Waals surface area (Å²) in [7, 11) is 0. The summed E-state index contributed by atoms with van der Waals surface area (Å²) < 4.78 is 0.0169. The molecule has 1 unspecified atom stereocenters. The number of nitrogens with zero attached hydrogens (tertiary/aromatic N) is 1. The van der Waals surface area contributed by atoms with Crippen molar-refractivity contribution in [3.8, 4) is 0 Å². The summed E-state index contributed by atoms with van der Waals surface area (Å²) in [5.74, 6) is 0.636. The lowest BCUT2D eigenvalue weighted by atomic mass is 10.1. The van der Waals surface area contributed by atoms with E-state index in [0.717, 1.165) is 18.6 Å². The molecule has 2 rings (SSSR count). The summed E-state index contributed by atoms with van der Waals surface area (Å²) in [6, 6.07) is 3.99. The number of hydrogen-bond donors (Lipinski definition) is 1. The molecule has 0 aromatic heterocycles. The van der Waals surface area contributed by atoms with Gasteiger partial charge in [-0.3, -0.25) is 14.9 Å². The van der Waals surface area contributed by atoms with Gasteiger partial charge in [0.2, 0.25) is 0 Å². The number of benzene rings is 1. The molecular weight excluding hydrogens is 300 g/mol. The number of thioether (sulfide) groups is 1. The van der Waals surface area contributed by atoms with E-state index in [2.05, 4.69) is 12.2 Å². The second-order valence-electron chi connectivity index (χ2n) is 5.00. The average molecular weight is 315 g/mol. The number of rotatable bonds is 4. The molecule has 1 aliphatic heterocycles. The van der Waals surface area contributed by atoms with Gasteiger partial charge < -0.3 is 5.32 Å². The fraction of sp³-hybridized carbons (Fsp3) is 0.462. The molecule has 1 heterocycles. The summed E-state index contributed by atoms with van der Waals surface area (Å²) in [5.41, 5.74) is -0.217. The highest BCUT2D eigenvalue weighted by molar-refractivity contribution is 8.00. The van der Waals surface area contributed by atoms with Crippen molar-refractivity contribution in [1.82, 2.24) is 5.32 Å². The molecule has 0 radical (unpaired) electrons. The lowest BCUT2D eigenvalue weighted by molar-refractivity contribution is -0.385. The van der Waals surface area contributed by atoms with E-state index in [4.69, 9.17) is 11.6 Å². The summed E-state index contributed by atoms with van der Waals surface area (Å²) in [5, 5.41) is 14.0. The molecule has 108 valence electrons. The standard InChI is InChI=1S/C13H15ClN2O3S/c1-13(5-2-6-20-13)8-15-12(17)10-7-9(14)3-4-11(10)16(18)19/h3-4,7H,2,5-6,8H2,1H3,(H,15,17). The van der Waals surface area contributed by atoms with Crippen molar-refractivity contribution in [3.63, 3.8) is 0 Å². The number of hydrogen-bond acceptors (Lipinski definition) is 4. The van der Waals surface area contributed by atoms with Gasteiger partial charge in [-0.15, -0.1) is 0 Å². The number of nitro benzene ring substituents is 1. The number of carbonyl (C=O) groups excluding carboxylic acids is 1. The Hall–Kier alpha value is -1.27. The van der Waals surface area contributed by atoms with Gasteiger partial charge in [0.25, 0.3) is 11.6 Å². The zero-order valence-electron chi connectivity index (χ0n) is 11.0. The van der Waals surface area contributed by atoms with E-state index in [-0.39, 0.29) is 16.0 Å². The molecule has 0 spiro atoms. The minimum Gasteiger partial charge on any atom is -0.350 e. The summed E-state index contributed by atoms with van der Waals surface area (Å²) in [4.78, 5) is 22.5. The van der Waals surface area contributed by atoms with Gasteiger partial charge >= 0.3 is 0 Å². The average Bonchev–Trinajstić information content (AvgIpc) is 2.83. The van der Waals surface area contributed by atoms with Gasteiger partial charge in [0.15, 0.2) is 0 Å². The molecule has 1 N–H and O–H groups in total. The second-order valence-corrected chi connectivity index (χ2v) is 7.12. The number of amides is 1. The first kappa shape index (κ1) is 15.1. The molecule has 0 saturated carbocycles. The van der Waals surface area contributed by atoms with Crippen LogP contribution in [-0.4, -0.2) is 27.9 Å². The number of carbonyl (C=O) groups is 1. The Labute approximate surface area is 126 Å². The van der Waals surface area contributed by atoms with Crippen molar-refractivity contribution in [1.29, 1.82) is 0 Å². The van der Waals surface area contributed by atoms with Crippen LogP contribution >= 0.6 is 23.4 Å². The first-order valence-electron chi connectivity index (χ1n) is 6.27. The molecule has 5 nitrogen and oxygen atoms in total. The van der Waals surface area contributed by atoms with Crippen LogP contribution in [-0.2, 0) is 0 Å². The fourth-order valence-electron chi connectivity index (χ4n) is 2.19. The zero-order chi connectivity index (χ0) is 14.8. The van der Waals surface area contributed by atoms with Crippen LogP contribution in [0.1, 0.15) is 30.1 Å². The SMILES string of the molecule is CC1(CNC(=O)c2cc(Cl)ccc2[N+](=O)[O-])CCCS1. The van der Waals surface area contributed by atoms with Gasteiger partial charge in [-0.1, -0.05) is 11.6 Å². The monoisotopic (exact) mass is 314 g/mol. The van der Waals surface area contributed by atoms with Gasteiger partial charge in [-0.25, -0.2) is 0 Å². The molecular formula is C13H15ClN2O3S. The molecule has 0 aliphatic carbocycles. The Bertz CT molecular complexity index is 544. The minimum absolute atomic E-state index is 0.00842. The topological polar surface area (TPSA) is 72.2 Å². The Morgan fingerprint density at radius 3 is 2.95 bits per heavy atom. The molecule has 1 amide bonds.